The summed E-state index contributed by atoms with van der Waals surface area (Å²) in [6.07, 6.45) is 0. The quantitative estimate of drug-likeness (QED) is 0.579. The summed E-state index contributed by atoms with van der Waals surface area (Å²) in [5.74, 6) is 1.73. The van der Waals surface area contributed by atoms with E-state index in [2.05, 4.69) is 24.6 Å². The molecular weight excluding hydrogens is 118 g/mol. The molecule has 0 saturated heterocycles. The highest BCUT2D eigenvalue weighted by Crippen LogP contribution is 2.17. The third-order valence-corrected chi connectivity index (χ3v) is 1.92. The van der Waals surface area contributed by atoms with E-state index in [0.717, 1.165) is 5.88 Å². The van der Waals surface area contributed by atoms with Gasteiger partial charge in [0, 0.05) is 5.70 Å². The van der Waals surface area contributed by atoms with Crippen LogP contribution in [0.5, 0.6) is 0 Å². The van der Waals surface area contributed by atoms with Crippen LogP contribution in [0.3, 0.4) is 0 Å². The van der Waals surface area contributed by atoms with Gasteiger partial charge in [-0.25, -0.2) is 0 Å². The van der Waals surface area contributed by atoms with E-state index in [4.69, 9.17) is 0 Å². The van der Waals surface area contributed by atoms with Crippen molar-refractivity contribution < 1.29 is 0 Å². The van der Waals surface area contributed by atoms with Crippen molar-refractivity contribution in [2.45, 2.75) is 13.8 Å². The SMILES string of the molecule is CC(C)C1=CSCN1. The molecule has 0 saturated carbocycles. The molecular formula is C6H11NS. The lowest BCUT2D eigenvalue weighted by Crippen LogP contribution is -2.10. The molecule has 1 rings (SSSR count). The van der Waals surface area contributed by atoms with Crippen LogP contribution >= 0.6 is 11.8 Å². The van der Waals surface area contributed by atoms with E-state index in [1.807, 2.05) is 11.8 Å². The Morgan fingerprint density at radius 1 is 1.75 bits per heavy atom. The summed E-state index contributed by atoms with van der Waals surface area (Å²) in [7, 11) is 0. The molecule has 1 nitrogen and oxygen atoms in total. The minimum absolute atomic E-state index is 0.671. The Morgan fingerprint density at radius 2 is 2.50 bits per heavy atom. The smallest absolute Gasteiger partial charge is 0.0649 e. The second kappa shape index (κ2) is 2.44. The molecule has 0 radical (unpaired) electrons. The lowest BCUT2D eigenvalue weighted by Gasteiger charge is -2.04. The van der Waals surface area contributed by atoms with Crippen LogP contribution in [0, 0.1) is 5.92 Å². The molecule has 0 atom stereocenters. The van der Waals surface area contributed by atoms with E-state index in [1.54, 1.807) is 0 Å². The second-order valence-electron chi connectivity index (χ2n) is 2.22. The highest BCUT2D eigenvalue weighted by Gasteiger charge is 2.05. The van der Waals surface area contributed by atoms with Gasteiger partial charge < -0.3 is 5.32 Å². The van der Waals surface area contributed by atoms with Gasteiger partial charge in [0.1, 0.15) is 0 Å². The predicted molar refractivity (Wildman–Crippen MR) is 38.5 cm³/mol. The minimum Gasteiger partial charge on any atom is -0.378 e. The fourth-order valence-corrected chi connectivity index (χ4v) is 1.51. The zero-order valence-electron chi connectivity index (χ0n) is 5.27. The van der Waals surface area contributed by atoms with E-state index in [-0.39, 0.29) is 0 Å². The summed E-state index contributed by atoms with van der Waals surface area (Å²) < 4.78 is 0. The van der Waals surface area contributed by atoms with Crippen LogP contribution in [-0.4, -0.2) is 5.88 Å². The average Bonchev–Trinajstić information content (AvgIpc) is 2.12. The Bertz CT molecular complexity index is 107. The number of thioether (sulfide) groups is 1. The molecule has 0 aliphatic carbocycles. The Kier molecular flexibility index (Phi) is 1.84. The highest BCUT2D eigenvalue weighted by molar-refractivity contribution is 8.02. The first-order valence-corrected chi connectivity index (χ1v) is 3.91. The Labute approximate surface area is 54.5 Å². The van der Waals surface area contributed by atoms with Gasteiger partial charge in [-0.15, -0.1) is 11.8 Å². The Morgan fingerprint density at radius 3 is 2.75 bits per heavy atom. The molecule has 0 aromatic heterocycles. The van der Waals surface area contributed by atoms with Crippen molar-refractivity contribution in [2.24, 2.45) is 5.92 Å². The summed E-state index contributed by atoms with van der Waals surface area (Å²) in [5, 5.41) is 5.48. The summed E-state index contributed by atoms with van der Waals surface area (Å²) in [5.41, 5.74) is 1.38. The van der Waals surface area contributed by atoms with Gasteiger partial charge in [-0.2, -0.15) is 0 Å². The van der Waals surface area contributed by atoms with E-state index >= 15 is 0 Å². The zero-order chi connectivity index (χ0) is 5.98. The third kappa shape index (κ3) is 1.19. The van der Waals surface area contributed by atoms with Crippen molar-refractivity contribution in [3.63, 3.8) is 0 Å². The van der Waals surface area contributed by atoms with Crippen LogP contribution in [0.2, 0.25) is 0 Å². The number of rotatable bonds is 1. The first-order chi connectivity index (χ1) is 3.80. The zero-order valence-corrected chi connectivity index (χ0v) is 6.09. The summed E-state index contributed by atoms with van der Waals surface area (Å²) >= 11 is 1.84. The molecule has 1 N–H and O–H groups in total. The second-order valence-corrected chi connectivity index (χ2v) is 3.07. The number of hydrogen-bond donors (Lipinski definition) is 1. The summed E-state index contributed by atoms with van der Waals surface area (Å²) in [6, 6.07) is 0. The lowest BCUT2D eigenvalue weighted by atomic mass is 10.2. The van der Waals surface area contributed by atoms with E-state index in [0.29, 0.717) is 5.92 Å². The monoisotopic (exact) mass is 129 g/mol. The Balaban J connectivity index is 2.45. The largest absolute Gasteiger partial charge is 0.378 e. The molecule has 0 fully saturated rings. The van der Waals surface area contributed by atoms with Crippen LogP contribution in [0.1, 0.15) is 13.8 Å². The Hall–Kier alpha value is -0.110. The molecule has 0 amide bonds. The van der Waals surface area contributed by atoms with Crippen LogP contribution < -0.4 is 5.32 Å². The van der Waals surface area contributed by atoms with Crippen molar-refractivity contribution in [1.82, 2.24) is 5.32 Å². The van der Waals surface area contributed by atoms with Crippen molar-refractivity contribution in [1.29, 1.82) is 0 Å². The number of nitrogens with one attached hydrogen (secondary N) is 1. The molecule has 8 heavy (non-hydrogen) atoms. The topological polar surface area (TPSA) is 12.0 Å². The maximum atomic E-state index is 3.28. The van der Waals surface area contributed by atoms with E-state index in [1.165, 1.54) is 5.70 Å². The van der Waals surface area contributed by atoms with E-state index < -0.39 is 0 Å². The molecule has 2 heteroatoms. The van der Waals surface area contributed by atoms with E-state index in [9.17, 15) is 0 Å². The molecule has 0 unspecified atom stereocenters. The van der Waals surface area contributed by atoms with Crippen molar-refractivity contribution in [2.75, 3.05) is 5.88 Å². The number of allylic oxidation sites excluding steroid dienone is 1. The average molecular weight is 129 g/mol. The predicted octanol–water partition coefficient (Wildman–Crippen LogP) is 1.78. The fourth-order valence-electron chi connectivity index (χ4n) is 0.638. The van der Waals surface area contributed by atoms with Gasteiger partial charge in [0.2, 0.25) is 0 Å². The molecule has 0 spiro atoms. The van der Waals surface area contributed by atoms with Crippen molar-refractivity contribution in [3.8, 4) is 0 Å². The first kappa shape index (κ1) is 6.02. The standard InChI is InChI=1S/C6H11NS/c1-5(2)6-3-8-4-7-6/h3,5,7H,4H2,1-2H3. The minimum atomic E-state index is 0.671. The molecule has 46 valence electrons. The van der Waals surface area contributed by atoms with Gasteiger partial charge in [0.15, 0.2) is 0 Å². The molecule has 0 aromatic rings. The number of hydrogen-bond acceptors (Lipinski definition) is 2. The third-order valence-electron chi connectivity index (χ3n) is 1.19. The van der Waals surface area contributed by atoms with Gasteiger partial charge in [-0.1, -0.05) is 13.8 Å². The highest BCUT2D eigenvalue weighted by atomic mass is 32.2. The van der Waals surface area contributed by atoms with Gasteiger partial charge in [-0.05, 0) is 11.3 Å². The first-order valence-electron chi connectivity index (χ1n) is 2.86. The molecule has 1 heterocycles. The molecule has 0 aromatic carbocycles. The van der Waals surface area contributed by atoms with Gasteiger partial charge in [0.25, 0.3) is 0 Å². The van der Waals surface area contributed by atoms with Crippen LogP contribution in [0.25, 0.3) is 0 Å². The van der Waals surface area contributed by atoms with Gasteiger partial charge >= 0.3 is 0 Å². The van der Waals surface area contributed by atoms with Crippen LogP contribution in [0.15, 0.2) is 11.1 Å². The maximum absolute atomic E-state index is 3.28. The van der Waals surface area contributed by atoms with Gasteiger partial charge in [0.05, 0.1) is 5.88 Å². The maximum Gasteiger partial charge on any atom is 0.0649 e. The van der Waals surface area contributed by atoms with Crippen molar-refractivity contribution in [3.05, 3.63) is 11.1 Å². The van der Waals surface area contributed by atoms with Crippen LogP contribution in [0.4, 0.5) is 0 Å². The fraction of sp³-hybridized carbons (Fsp3) is 0.667. The summed E-state index contributed by atoms with van der Waals surface area (Å²) in [4.78, 5) is 0. The molecule has 1 aliphatic heterocycles. The van der Waals surface area contributed by atoms with Gasteiger partial charge in [-0.3, -0.25) is 0 Å². The molecule has 1 aliphatic rings. The lowest BCUT2D eigenvalue weighted by molar-refractivity contribution is 0.702. The van der Waals surface area contributed by atoms with Crippen LogP contribution in [-0.2, 0) is 0 Å². The van der Waals surface area contributed by atoms with Crippen molar-refractivity contribution >= 4 is 11.8 Å². The normalized spacial score (nSPS) is 18.6. The summed E-state index contributed by atoms with van der Waals surface area (Å²) in [6.45, 7) is 4.40. The molecule has 0 bridgehead atoms.